The number of methoxy groups -OCH3 is 2. The van der Waals surface area contributed by atoms with Gasteiger partial charge in [-0.05, 0) is 43.2 Å². The van der Waals surface area contributed by atoms with Crippen molar-refractivity contribution >= 4 is 27.3 Å². The van der Waals surface area contributed by atoms with Crippen LogP contribution in [0.5, 0.6) is 11.5 Å². The van der Waals surface area contributed by atoms with E-state index in [0.717, 1.165) is 12.8 Å². The van der Waals surface area contributed by atoms with Gasteiger partial charge in [-0.2, -0.15) is 0 Å². The Morgan fingerprint density at radius 2 is 1.85 bits per heavy atom. The summed E-state index contributed by atoms with van der Waals surface area (Å²) in [5.41, 5.74) is 1.06. The van der Waals surface area contributed by atoms with Crippen molar-refractivity contribution in [2.75, 3.05) is 30.4 Å². The Bertz CT molecular complexity index is 943. The largest absolute Gasteiger partial charge is 0.497 e. The Hall–Kier alpha value is -2.74. The molecule has 1 saturated heterocycles. The number of ether oxygens (including phenoxy) is 2. The molecule has 0 saturated carbocycles. The fourth-order valence-corrected chi connectivity index (χ4v) is 4.22. The highest BCUT2D eigenvalue weighted by Gasteiger charge is 2.22. The molecule has 1 aliphatic heterocycles. The first-order chi connectivity index (χ1) is 12.9. The minimum Gasteiger partial charge on any atom is -0.497 e. The van der Waals surface area contributed by atoms with Crippen molar-refractivity contribution in [3.63, 3.8) is 0 Å². The van der Waals surface area contributed by atoms with Crippen LogP contribution in [0.15, 0.2) is 47.4 Å². The van der Waals surface area contributed by atoms with E-state index in [1.54, 1.807) is 35.2 Å². The molecule has 8 heteroatoms. The van der Waals surface area contributed by atoms with E-state index in [4.69, 9.17) is 9.47 Å². The number of nitrogens with one attached hydrogen (secondary N) is 1. The Morgan fingerprint density at radius 3 is 2.56 bits per heavy atom. The van der Waals surface area contributed by atoms with E-state index in [9.17, 15) is 13.2 Å². The molecule has 1 aliphatic rings. The lowest BCUT2D eigenvalue weighted by molar-refractivity contribution is -0.119. The second-order valence-electron chi connectivity index (χ2n) is 6.18. The van der Waals surface area contributed by atoms with Gasteiger partial charge in [-0.3, -0.25) is 9.52 Å². The van der Waals surface area contributed by atoms with Crippen LogP contribution in [0.4, 0.5) is 11.4 Å². The van der Waals surface area contributed by atoms with Gasteiger partial charge in [-0.25, -0.2) is 8.42 Å². The van der Waals surface area contributed by atoms with Crippen LogP contribution < -0.4 is 19.1 Å². The van der Waals surface area contributed by atoms with E-state index in [2.05, 4.69) is 4.72 Å². The van der Waals surface area contributed by atoms with E-state index >= 15 is 0 Å². The van der Waals surface area contributed by atoms with E-state index in [0.29, 0.717) is 30.1 Å². The fraction of sp³-hybridized carbons (Fsp3) is 0.316. The first-order valence-electron chi connectivity index (χ1n) is 8.60. The predicted octanol–water partition coefficient (Wildman–Crippen LogP) is 3.02. The van der Waals surface area contributed by atoms with Gasteiger partial charge < -0.3 is 14.4 Å². The zero-order valence-electron chi connectivity index (χ0n) is 15.3. The van der Waals surface area contributed by atoms with Crippen molar-refractivity contribution in [1.29, 1.82) is 0 Å². The number of rotatable bonds is 6. The van der Waals surface area contributed by atoms with Crippen LogP contribution in [-0.4, -0.2) is 35.1 Å². The maximum Gasteiger partial charge on any atom is 0.265 e. The topological polar surface area (TPSA) is 84.9 Å². The lowest BCUT2D eigenvalue weighted by Gasteiger charge is -2.27. The molecular formula is C19H22N2O5S. The van der Waals surface area contributed by atoms with E-state index < -0.39 is 10.0 Å². The molecule has 1 N–H and O–H groups in total. The fourth-order valence-electron chi connectivity index (χ4n) is 3.02. The third kappa shape index (κ3) is 4.16. The highest BCUT2D eigenvalue weighted by atomic mass is 32.2. The zero-order chi connectivity index (χ0) is 19.4. The van der Waals surface area contributed by atoms with Crippen LogP contribution in [0.3, 0.4) is 0 Å². The van der Waals surface area contributed by atoms with E-state index in [1.807, 2.05) is 0 Å². The molecule has 0 radical (unpaired) electrons. The SMILES string of the molecule is COc1ccc(S(=O)(=O)Nc2cccc(N3CCCCC3=O)c2)c(OC)c1. The molecule has 1 amide bonds. The molecule has 7 nitrogen and oxygen atoms in total. The first-order valence-corrected chi connectivity index (χ1v) is 10.1. The number of carbonyl (C=O) groups is 1. The van der Waals surface area contributed by atoms with Gasteiger partial charge in [-0.15, -0.1) is 0 Å². The quantitative estimate of drug-likeness (QED) is 0.820. The van der Waals surface area contributed by atoms with Crippen LogP contribution in [0, 0.1) is 0 Å². The standard InChI is InChI=1S/C19H22N2O5S/c1-25-16-9-10-18(17(13-16)26-2)27(23,24)20-14-6-5-7-15(12-14)21-11-4-3-8-19(21)22/h5-7,9-10,12-13,20H,3-4,8,11H2,1-2H3. The Labute approximate surface area is 158 Å². The molecule has 1 heterocycles. The van der Waals surface area contributed by atoms with Crippen LogP contribution in [0.1, 0.15) is 19.3 Å². The number of amides is 1. The lowest BCUT2D eigenvalue weighted by Crippen LogP contribution is -2.35. The van der Waals surface area contributed by atoms with Crippen LogP contribution in [0.25, 0.3) is 0 Å². The first kappa shape index (κ1) is 19.0. The lowest BCUT2D eigenvalue weighted by atomic mass is 10.1. The zero-order valence-corrected chi connectivity index (χ0v) is 16.1. The average molecular weight is 390 g/mol. The van der Waals surface area contributed by atoms with Gasteiger partial charge in [0.25, 0.3) is 10.0 Å². The highest BCUT2D eigenvalue weighted by Crippen LogP contribution is 2.31. The maximum absolute atomic E-state index is 12.8. The predicted molar refractivity (Wildman–Crippen MR) is 103 cm³/mol. The molecule has 0 aromatic heterocycles. The van der Waals surface area contributed by atoms with Crippen LogP contribution in [0.2, 0.25) is 0 Å². The summed E-state index contributed by atoms with van der Waals surface area (Å²) in [4.78, 5) is 13.8. The van der Waals surface area contributed by atoms with Crippen molar-refractivity contribution in [1.82, 2.24) is 0 Å². The Balaban J connectivity index is 1.88. The normalized spacial score (nSPS) is 14.7. The third-order valence-corrected chi connectivity index (χ3v) is 5.81. The number of nitrogens with zero attached hydrogens (tertiary/aromatic N) is 1. The molecule has 2 aromatic rings. The molecule has 144 valence electrons. The van der Waals surface area contributed by atoms with Gasteiger partial charge in [0.15, 0.2) is 0 Å². The smallest absolute Gasteiger partial charge is 0.265 e. The number of anilines is 2. The molecule has 3 rings (SSSR count). The number of carbonyl (C=O) groups excluding carboxylic acids is 1. The minimum absolute atomic E-state index is 0.00486. The summed E-state index contributed by atoms with van der Waals surface area (Å²) in [5, 5.41) is 0. The van der Waals surface area contributed by atoms with Crippen molar-refractivity contribution in [2.24, 2.45) is 0 Å². The Morgan fingerprint density at radius 1 is 1.04 bits per heavy atom. The molecule has 0 spiro atoms. The number of hydrogen-bond acceptors (Lipinski definition) is 5. The summed E-state index contributed by atoms with van der Waals surface area (Å²) in [7, 11) is -0.982. The third-order valence-electron chi connectivity index (χ3n) is 4.39. The molecule has 0 aliphatic carbocycles. The van der Waals surface area contributed by atoms with Gasteiger partial charge >= 0.3 is 0 Å². The summed E-state index contributed by atoms with van der Waals surface area (Å²) in [6.07, 6.45) is 2.34. The molecular weight excluding hydrogens is 368 g/mol. The van der Waals surface area contributed by atoms with Gasteiger partial charge in [0.1, 0.15) is 16.4 Å². The Kier molecular flexibility index (Phi) is 5.55. The van der Waals surface area contributed by atoms with Gasteiger partial charge in [-0.1, -0.05) is 6.07 Å². The second-order valence-corrected chi connectivity index (χ2v) is 7.83. The van der Waals surface area contributed by atoms with Crippen molar-refractivity contribution in [3.8, 4) is 11.5 Å². The molecule has 27 heavy (non-hydrogen) atoms. The monoisotopic (exact) mass is 390 g/mol. The molecule has 0 unspecified atom stereocenters. The van der Waals surface area contributed by atoms with Crippen LogP contribution >= 0.6 is 0 Å². The van der Waals surface area contributed by atoms with Crippen molar-refractivity contribution < 1.29 is 22.7 Å². The van der Waals surface area contributed by atoms with E-state index in [1.165, 1.54) is 26.4 Å². The summed E-state index contributed by atoms with van der Waals surface area (Å²) >= 11 is 0. The van der Waals surface area contributed by atoms with Gasteiger partial charge in [0, 0.05) is 24.7 Å². The van der Waals surface area contributed by atoms with Crippen molar-refractivity contribution in [2.45, 2.75) is 24.2 Å². The molecule has 0 bridgehead atoms. The molecule has 1 fully saturated rings. The highest BCUT2D eigenvalue weighted by molar-refractivity contribution is 7.92. The summed E-state index contributed by atoms with van der Waals surface area (Å²) < 4.78 is 38.5. The van der Waals surface area contributed by atoms with E-state index in [-0.39, 0.29) is 16.6 Å². The minimum atomic E-state index is -3.88. The maximum atomic E-state index is 12.8. The average Bonchev–Trinajstić information content (AvgIpc) is 2.67. The van der Waals surface area contributed by atoms with Crippen molar-refractivity contribution in [3.05, 3.63) is 42.5 Å². The molecule has 0 atom stereocenters. The second kappa shape index (κ2) is 7.87. The number of piperidine rings is 1. The summed E-state index contributed by atoms with van der Waals surface area (Å²) in [5.74, 6) is 0.735. The summed E-state index contributed by atoms with van der Waals surface area (Å²) in [6.45, 7) is 0.640. The van der Waals surface area contributed by atoms with Gasteiger partial charge in [0.05, 0.1) is 19.9 Å². The summed E-state index contributed by atoms with van der Waals surface area (Å²) in [6, 6.07) is 11.3. The number of sulfonamides is 1. The molecule has 2 aromatic carbocycles. The number of hydrogen-bond donors (Lipinski definition) is 1. The number of benzene rings is 2. The van der Waals surface area contributed by atoms with Gasteiger partial charge in [0.2, 0.25) is 5.91 Å². The van der Waals surface area contributed by atoms with Crippen LogP contribution in [-0.2, 0) is 14.8 Å².